The molecule has 2 rings (SSSR count). The van der Waals surface area contributed by atoms with Crippen LogP contribution < -0.4 is 5.32 Å². The van der Waals surface area contributed by atoms with Crippen molar-refractivity contribution in [3.63, 3.8) is 0 Å². The fourth-order valence-electron chi connectivity index (χ4n) is 1.84. The molecule has 1 unspecified atom stereocenters. The first-order valence-electron chi connectivity index (χ1n) is 4.68. The molecule has 1 aliphatic rings. The van der Waals surface area contributed by atoms with E-state index >= 15 is 0 Å². The van der Waals surface area contributed by atoms with Crippen molar-refractivity contribution < 1.29 is 4.74 Å². The highest BCUT2D eigenvalue weighted by Crippen LogP contribution is 2.32. The van der Waals surface area contributed by atoms with Crippen molar-refractivity contribution in [3.8, 4) is 0 Å². The molecule has 1 aliphatic heterocycles. The molecule has 1 atom stereocenters. The normalized spacial score (nSPS) is 20.6. The first-order valence-corrected chi connectivity index (χ1v) is 4.68. The van der Waals surface area contributed by atoms with Gasteiger partial charge in [-0.3, -0.25) is 0 Å². The summed E-state index contributed by atoms with van der Waals surface area (Å²) in [7, 11) is 1.78. The van der Waals surface area contributed by atoms with E-state index in [0.717, 1.165) is 13.0 Å². The molecule has 0 saturated carbocycles. The van der Waals surface area contributed by atoms with Crippen LogP contribution in [0.15, 0.2) is 18.2 Å². The third-order valence-corrected chi connectivity index (χ3v) is 2.56. The van der Waals surface area contributed by atoms with Crippen LogP contribution in [-0.2, 0) is 4.74 Å². The van der Waals surface area contributed by atoms with Crippen LogP contribution in [0, 0.1) is 6.92 Å². The third-order valence-electron chi connectivity index (χ3n) is 2.56. The second-order valence-corrected chi connectivity index (χ2v) is 3.53. The monoisotopic (exact) mass is 177 g/mol. The van der Waals surface area contributed by atoms with Gasteiger partial charge in [0.25, 0.3) is 0 Å². The van der Waals surface area contributed by atoms with E-state index in [1.807, 2.05) is 0 Å². The minimum atomic E-state index is 0.275. The van der Waals surface area contributed by atoms with Crippen LogP contribution >= 0.6 is 0 Å². The molecule has 0 bridgehead atoms. The molecule has 70 valence electrons. The average Bonchev–Trinajstić information content (AvgIpc) is 2.16. The second-order valence-electron chi connectivity index (χ2n) is 3.53. The molecule has 0 amide bonds. The number of rotatable bonds is 1. The van der Waals surface area contributed by atoms with Crippen LogP contribution in [0.2, 0.25) is 0 Å². The van der Waals surface area contributed by atoms with Crippen LogP contribution in [0.4, 0.5) is 5.69 Å². The van der Waals surface area contributed by atoms with Gasteiger partial charge in [-0.25, -0.2) is 0 Å². The van der Waals surface area contributed by atoms with Gasteiger partial charge < -0.3 is 10.1 Å². The van der Waals surface area contributed by atoms with Gasteiger partial charge in [-0.05, 0) is 25.0 Å². The maximum Gasteiger partial charge on any atom is 0.0857 e. The molecule has 1 aromatic rings. The molecule has 0 fully saturated rings. The Hall–Kier alpha value is -1.02. The zero-order valence-corrected chi connectivity index (χ0v) is 8.13. The van der Waals surface area contributed by atoms with E-state index in [4.69, 9.17) is 4.74 Å². The van der Waals surface area contributed by atoms with Gasteiger partial charge in [-0.1, -0.05) is 12.1 Å². The average molecular weight is 177 g/mol. The fourth-order valence-corrected chi connectivity index (χ4v) is 1.84. The van der Waals surface area contributed by atoms with Crippen LogP contribution in [0.5, 0.6) is 0 Å². The summed E-state index contributed by atoms with van der Waals surface area (Å²) in [6, 6.07) is 6.48. The molecule has 2 nitrogen and oxygen atoms in total. The molecular formula is C11H15NO. The van der Waals surface area contributed by atoms with Crippen LogP contribution in [0.1, 0.15) is 23.7 Å². The van der Waals surface area contributed by atoms with E-state index in [2.05, 4.69) is 30.4 Å². The molecule has 0 spiro atoms. The van der Waals surface area contributed by atoms with Crippen LogP contribution in [-0.4, -0.2) is 13.7 Å². The molecule has 0 aliphatic carbocycles. The van der Waals surface area contributed by atoms with E-state index in [1.165, 1.54) is 16.8 Å². The maximum absolute atomic E-state index is 5.42. The SMILES string of the molecule is COC1CCNc2cc(C)ccc21. The standard InChI is InChI=1S/C11H15NO/c1-8-3-4-9-10(7-8)12-6-5-11(9)13-2/h3-4,7,11-12H,5-6H2,1-2H3. The summed E-state index contributed by atoms with van der Waals surface area (Å²) in [6.45, 7) is 3.12. The lowest BCUT2D eigenvalue weighted by Gasteiger charge is -2.25. The highest BCUT2D eigenvalue weighted by Gasteiger charge is 2.18. The first-order chi connectivity index (χ1) is 6.31. The smallest absolute Gasteiger partial charge is 0.0857 e. The number of benzene rings is 1. The van der Waals surface area contributed by atoms with E-state index in [0.29, 0.717) is 0 Å². The van der Waals surface area contributed by atoms with Gasteiger partial charge in [0.2, 0.25) is 0 Å². The summed E-state index contributed by atoms with van der Waals surface area (Å²) in [5, 5.41) is 3.39. The lowest BCUT2D eigenvalue weighted by Crippen LogP contribution is -2.17. The molecule has 0 radical (unpaired) electrons. The zero-order chi connectivity index (χ0) is 9.26. The Balaban J connectivity index is 2.40. The summed E-state index contributed by atoms with van der Waals surface area (Å²) >= 11 is 0. The quantitative estimate of drug-likeness (QED) is 0.711. The third kappa shape index (κ3) is 1.54. The van der Waals surface area contributed by atoms with Gasteiger partial charge >= 0.3 is 0 Å². The van der Waals surface area contributed by atoms with E-state index in [9.17, 15) is 0 Å². The number of hydrogen-bond acceptors (Lipinski definition) is 2. The van der Waals surface area contributed by atoms with Crippen molar-refractivity contribution in [2.45, 2.75) is 19.4 Å². The molecule has 1 aromatic carbocycles. The largest absolute Gasteiger partial charge is 0.385 e. The molecule has 0 aromatic heterocycles. The number of anilines is 1. The molecule has 1 N–H and O–H groups in total. The summed E-state index contributed by atoms with van der Waals surface area (Å²) in [4.78, 5) is 0. The van der Waals surface area contributed by atoms with Gasteiger partial charge in [0.05, 0.1) is 6.10 Å². The second kappa shape index (κ2) is 3.38. The van der Waals surface area contributed by atoms with Crippen molar-refractivity contribution in [1.29, 1.82) is 0 Å². The Morgan fingerprint density at radius 2 is 2.31 bits per heavy atom. The predicted octanol–water partition coefficient (Wildman–Crippen LogP) is 2.50. The summed E-state index contributed by atoms with van der Waals surface area (Å²) in [5.41, 5.74) is 3.82. The number of ether oxygens (including phenoxy) is 1. The van der Waals surface area contributed by atoms with E-state index < -0.39 is 0 Å². The zero-order valence-electron chi connectivity index (χ0n) is 8.13. The minimum Gasteiger partial charge on any atom is -0.385 e. The Labute approximate surface area is 78.9 Å². The number of aryl methyl sites for hydroxylation is 1. The Morgan fingerprint density at radius 3 is 3.08 bits per heavy atom. The molecule has 13 heavy (non-hydrogen) atoms. The number of fused-ring (bicyclic) bond motifs is 1. The molecule has 2 heteroatoms. The van der Waals surface area contributed by atoms with E-state index in [1.54, 1.807) is 7.11 Å². The number of methoxy groups -OCH3 is 1. The predicted molar refractivity (Wildman–Crippen MR) is 54.0 cm³/mol. The van der Waals surface area contributed by atoms with Crippen LogP contribution in [0.3, 0.4) is 0 Å². The number of nitrogens with one attached hydrogen (secondary N) is 1. The highest BCUT2D eigenvalue weighted by atomic mass is 16.5. The number of hydrogen-bond donors (Lipinski definition) is 1. The summed E-state index contributed by atoms with van der Waals surface area (Å²) in [5.74, 6) is 0. The van der Waals surface area contributed by atoms with E-state index in [-0.39, 0.29) is 6.10 Å². The molecule has 1 heterocycles. The molecule has 0 saturated heterocycles. The van der Waals surface area contributed by atoms with Gasteiger partial charge in [-0.2, -0.15) is 0 Å². The fraction of sp³-hybridized carbons (Fsp3) is 0.455. The first kappa shape index (κ1) is 8.57. The lowest BCUT2D eigenvalue weighted by molar-refractivity contribution is 0.0965. The van der Waals surface area contributed by atoms with Crippen molar-refractivity contribution >= 4 is 5.69 Å². The summed E-state index contributed by atoms with van der Waals surface area (Å²) < 4.78 is 5.42. The highest BCUT2D eigenvalue weighted by molar-refractivity contribution is 5.55. The van der Waals surface area contributed by atoms with Crippen molar-refractivity contribution in [1.82, 2.24) is 0 Å². The van der Waals surface area contributed by atoms with Crippen molar-refractivity contribution in [2.75, 3.05) is 19.0 Å². The molecular weight excluding hydrogens is 162 g/mol. The van der Waals surface area contributed by atoms with Gasteiger partial charge in [0.15, 0.2) is 0 Å². The topological polar surface area (TPSA) is 21.3 Å². The maximum atomic E-state index is 5.42. The minimum absolute atomic E-state index is 0.275. The van der Waals surface area contributed by atoms with Crippen LogP contribution in [0.25, 0.3) is 0 Å². The summed E-state index contributed by atoms with van der Waals surface area (Å²) in [6.07, 6.45) is 1.34. The van der Waals surface area contributed by atoms with Gasteiger partial charge in [0, 0.05) is 24.9 Å². The van der Waals surface area contributed by atoms with Crippen molar-refractivity contribution in [2.24, 2.45) is 0 Å². The lowest BCUT2D eigenvalue weighted by atomic mass is 9.99. The van der Waals surface area contributed by atoms with Gasteiger partial charge in [-0.15, -0.1) is 0 Å². The van der Waals surface area contributed by atoms with Crippen molar-refractivity contribution in [3.05, 3.63) is 29.3 Å². The Morgan fingerprint density at radius 1 is 1.46 bits per heavy atom. The Kier molecular flexibility index (Phi) is 2.23. The van der Waals surface area contributed by atoms with Gasteiger partial charge in [0.1, 0.15) is 0 Å². The Bertz CT molecular complexity index is 309.